The monoisotopic (exact) mass is 412 g/mol. The van der Waals surface area contributed by atoms with Crippen LogP contribution in [-0.2, 0) is 17.9 Å². The van der Waals surface area contributed by atoms with Gasteiger partial charge >= 0.3 is 0 Å². The molecule has 3 aromatic rings. The van der Waals surface area contributed by atoms with Gasteiger partial charge in [0.25, 0.3) is 5.91 Å². The second kappa shape index (κ2) is 9.30. The van der Waals surface area contributed by atoms with Crippen LogP contribution in [0.25, 0.3) is 0 Å². The Morgan fingerprint density at radius 1 is 1.03 bits per heavy atom. The van der Waals surface area contributed by atoms with Gasteiger partial charge in [-0.2, -0.15) is 5.10 Å². The molecule has 2 aromatic carbocycles. The molecule has 0 radical (unpaired) electrons. The fourth-order valence-electron chi connectivity index (χ4n) is 3.08. The molecule has 0 saturated carbocycles. The summed E-state index contributed by atoms with van der Waals surface area (Å²) in [5.74, 6) is -2.98. The Labute approximate surface area is 172 Å². The minimum Gasteiger partial charge on any atom is -0.350 e. The third-order valence-electron chi connectivity index (χ3n) is 4.75. The van der Waals surface area contributed by atoms with Crippen LogP contribution in [0.15, 0.2) is 48.5 Å². The molecule has 0 aliphatic heterocycles. The summed E-state index contributed by atoms with van der Waals surface area (Å²) in [5, 5.41) is 9.59. The highest BCUT2D eigenvalue weighted by Crippen LogP contribution is 2.15. The Balaban J connectivity index is 1.55. The minimum absolute atomic E-state index is 0.256. The number of carbonyl (C=O) groups is 2. The molecule has 156 valence electrons. The highest BCUT2D eigenvalue weighted by Gasteiger charge is 2.15. The maximum Gasteiger partial charge on any atom is 0.254 e. The van der Waals surface area contributed by atoms with Gasteiger partial charge in [-0.05, 0) is 31.5 Å². The molecule has 3 rings (SSSR count). The SMILES string of the molecule is Cc1nn(Cc2ccccc2)c(C)c1CNC(=O)CNC(=O)c1ccc(F)cc1F. The van der Waals surface area contributed by atoms with Gasteiger partial charge in [0.1, 0.15) is 11.6 Å². The van der Waals surface area contributed by atoms with Gasteiger partial charge in [0.05, 0.1) is 24.3 Å². The summed E-state index contributed by atoms with van der Waals surface area (Å²) in [6.07, 6.45) is 0. The predicted molar refractivity (Wildman–Crippen MR) is 108 cm³/mol. The Hall–Kier alpha value is -3.55. The lowest BCUT2D eigenvalue weighted by atomic mass is 10.2. The second-order valence-corrected chi connectivity index (χ2v) is 6.88. The number of aromatic nitrogens is 2. The van der Waals surface area contributed by atoms with Crippen LogP contribution < -0.4 is 10.6 Å². The number of nitrogens with one attached hydrogen (secondary N) is 2. The number of aryl methyl sites for hydroxylation is 1. The molecule has 2 amide bonds. The summed E-state index contributed by atoms with van der Waals surface area (Å²) < 4.78 is 28.4. The van der Waals surface area contributed by atoms with E-state index in [1.165, 1.54) is 0 Å². The Kier molecular flexibility index (Phi) is 6.56. The zero-order valence-corrected chi connectivity index (χ0v) is 16.7. The molecule has 0 aliphatic rings. The van der Waals surface area contributed by atoms with Crippen molar-refractivity contribution in [3.8, 4) is 0 Å². The molecule has 0 bridgehead atoms. The largest absolute Gasteiger partial charge is 0.350 e. The van der Waals surface area contributed by atoms with Crippen molar-refractivity contribution in [2.75, 3.05) is 6.54 Å². The molecule has 0 atom stereocenters. The van der Waals surface area contributed by atoms with E-state index in [4.69, 9.17) is 0 Å². The third-order valence-corrected chi connectivity index (χ3v) is 4.75. The highest BCUT2D eigenvalue weighted by atomic mass is 19.1. The Bertz CT molecular complexity index is 1060. The number of carbonyl (C=O) groups excluding carboxylic acids is 2. The zero-order chi connectivity index (χ0) is 21.7. The van der Waals surface area contributed by atoms with Crippen LogP contribution in [0.2, 0.25) is 0 Å². The zero-order valence-electron chi connectivity index (χ0n) is 16.7. The number of amides is 2. The van der Waals surface area contributed by atoms with Crippen LogP contribution in [0.5, 0.6) is 0 Å². The summed E-state index contributed by atoms with van der Waals surface area (Å²) in [7, 11) is 0. The average Bonchev–Trinajstić information content (AvgIpc) is 2.98. The van der Waals surface area contributed by atoms with Crippen molar-refractivity contribution in [3.63, 3.8) is 0 Å². The second-order valence-electron chi connectivity index (χ2n) is 6.88. The van der Waals surface area contributed by atoms with E-state index in [0.717, 1.165) is 34.6 Å². The summed E-state index contributed by atoms with van der Waals surface area (Å²) in [4.78, 5) is 24.1. The first-order valence-corrected chi connectivity index (χ1v) is 9.42. The van der Waals surface area contributed by atoms with Crippen molar-refractivity contribution in [1.82, 2.24) is 20.4 Å². The maximum atomic E-state index is 13.6. The maximum absolute atomic E-state index is 13.6. The first-order chi connectivity index (χ1) is 14.3. The smallest absolute Gasteiger partial charge is 0.254 e. The molecule has 6 nitrogen and oxygen atoms in total. The van der Waals surface area contributed by atoms with Crippen molar-refractivity contribution in [2.24, 2.45) is 0 Å². The van der Waals surface area contributed by atoms with Crippen molar-refractivity contribution >= 4 is 11.8 Å². The summed E-state index contributed by atoms with van der Waals surface area (Å²) >= 11 is 0. The lowest BCUT2D eigenvalue weighted by Gasteiger charge is -2.09. The molecule has 1 heterocycles. The Morgan fingerprint density at radius 3 is 2.47 bits per heavy atom. The van der Waals surface area contributed by atoms with E-state index in [0.29, 0.717) is 12.6 Å². The molecule has 0 saturated heterocycles. The first kappa shape index (κ1) is 21.2. The summed E-state index contributed by atoms with van der Waals surface area (Å²) in [5.41, 5.74) is 3.44. The molecule has 0 unspecified atom stereocenters. The van der Waals surface area contributed by atoms with Crippen LogP contribution in [0.1, 0.15) is 32.9 Å². The van der Waals surface area contributed by atoms with Crippen LogP contribution >= 0.6 is 0 Å². The predicted octanol–water partition coefficient (Wildman–Crippen LogP) is 2.87. The van der Waals surface area contributed by atoms with E-state index in [-0.39, 0.29) is 18.7 Å². The van der Waals surface area contributed by atoms with E-state index < -0.39 is 23.4 Å². The van der Waals surface area contributed by atoms with Crippen molar-refractivity contribution in [1.29, 1.82) is 0 Å². The minimum atomic E-state index is -0.981. The summed E-state index contributed by atoms with van der Waals surface area (Å²) in [6.45, 7) is 4.36. The van der Waals surface area contributed by atoms with Crippen LogP contribution in [0, 0.1) is 25.5 Å². The fourth-order valence-corrected chi connectivity index (χ4v) is 3.08. The topological polar surface area (TPSA) is 76.0 Å². The Morgan fingerprint density at radius 2 is 1.77 bits per heavy atom. The molecule has 0 spiro atoms. The number of hydrogen-bond acceptors (Lipinski definition) is 3. The quantitative estimate of drug-likeness (QED) is 0.627. The van der Waals surface area contributed by atoms with E-state index in [9.17, 15) is 18.4 Å². The van der Waals surface area contributed by atoms with Gasteiger partial charge in [0.15, 0.2) is 0 Å². The van der Waals surface area contributed by atoms with Gasteiger partial charge in [0, 0.05) is 23.9 Å². The summed E-state index contributed by atoms with van der Waals surface area (Å²) in [6, 6.07) is 12.6. The third kappa shape index (κ3) is 5.08. The van der Waals surface area contributed by atoms with E-state index in [1.54, 1.807) is 0 Å². The van der Waals surface area contributed by atoms with Gasteiger partial charge in [-0.3, -0.25) is 14.3 Å². The lowest BCUT2D eigenvalue weighted by Crippen LogP contribution is -2.37. The van der Waals surface area contributed by atoms with E-state index in [1.807, 2.05) is 48.9 Å². The van der Waals surface area contributed by atoms with Crippen molar-refractivity contribution in [3.05, 3.63) is 88.2 Å². The van der Waals surface area contributed by atoms with Gasteiger partial charge < -0.3 is 10.6 Å². The first-order valence-electron chi connectivity index (χ1n) is 9.42. The average molecular weight is 412 g/mol. The highest BCUT2D eigenvalue weighted by molar-refractivity contribution is 5.96. The number of hydrogen-bond donors (Lipinski definition) is 2. The van der Waals surface area contributed by atoms with Gasteiger partial charge in [-0.15, -0.1) is 0 Å². The van der Waals surface area contributed by atoms with E-state index >= 15 is 0 Å². The van der Waals surface area contributed by atoms with Crippen molar-refractivity contribution < 1.29 is 18.4 Å². The van der Waals surface area contributed by atoms with Crippen LogP contribution in [0.3, 0.4) is 0 Å². The lowest BCUT2D eigenvalue weighted by molar-refractivity contribution is -0.120. The standard InChI is InChI=1S/C22H22F2N4O2/c1-14-19(15(2)28(27-14)13-16-6-4-3-5-7-16)11-25-21(29)12-26-22(30)18-9-8-17(23)10-20(18)24/h3-10H,11-13H2,1-2H3,(H,25,29)(H,26,30). The van der Waals surface area contributed by atoms with Crippen LogP contribution in [-0.4, -0.2) is 28.1 Å². The van der Waals surface area contributed by atoms with Gasteiger partial charge in [-0.1, -0.05) is 30.3 Å². The number of rotatable bonds is 7. The van der Waals surface area contributed by atoms with Gasteiger partial charge in [0.2, 0.25) is 5.91 Å². The molecular formula is C22H22F2N4O2. The molecule has 0 aliphatic carbocycles. The fraction of sp³-hybridized carbons (Fsp3) is 0.227. The number of benzene rings is 2. The molecule has 30 heavy (non-hydrogen) atoms. The van der Waals surface area contributed by atoms with Crippen molar-refractivity contribution in [2.45, 2.75) is 26.9 Å². The van der Waals surface area contributed by atoms with Gasteiger partial charge in [-0.25, -0.2) is 8.78 Å². The molecule has 0 fully saturated rings. The molecule has 2 N–H and O–H groups in total. The molecule has 1 aromatic heterocycles. The van der Waals surface area contributed by atoms with E-state index in [2.05, 4.69) is 15.7 Å². The normalized spacial score (nSPS) is 10.7. The molecular weight excluding hydrogens is 390 g/mol. The van der Waals surface area contributed by atoms with Crippen LogP contribution in [0.4, 0.5) is 8.78 Å². The molecule has 8 heteroatoms. The number of nitrogens with zero attached hydrogens (tertiary/aromatic N) is 2. The number of halogens is 2.